The van der Waals surface area contributed by atoms with Crippen LogP contribution in [0.4, 0.5) is 11.5 Å². The maximum Gasteiger partial charge on any atom is 0.263 e. The van der Waals surface area contributed by atoms with Gasteiger partial charge in [0.05, 0.1) is 17.5 Å². The van der Waals surface area contributed by atoms with Crippen molar-refractivity contribution in [2.24, 2.45) is 0 Å². The molecule has 1 saturated heterocycles. The number of methoxy groups -OCH3 is 1. The number of benzene rings is 2. The smallest absolute Gasteiger partial charge is 0.263 e. The number of amides is 1. The Labute approximate surface area is 217 Å². The van der Waals surface area contributed by atoms with Gasteiger partial charge >= 0.3 is 0 Å². The Bertz CT molecular complexity index is 1500. The SMILES string of the molecule is COc1cccc2c1ccn2C(C)C(=O)N1CCN(c2ccc(S(=O)(=O)Nc3ccncn3)cc2)CC1.[HH]. The van der Waals surface area contributed by atoms with E-state index in [1.165, 1.54) is 18.6 Å². The average molecular weight is 523 g/mol. The summed E-state index contributed by atoms with van der Waals surface area (Å²) >= 11 is 0. The first-order chi connectivity index (χ1) is 17.9. The summed E-state index contributed by atoms with van der Waals surface area (Å²) in [5, 5.41) is 0.979. The fourth-order valence-electron chi connectivity index (χ4n) is 4.63. The van der Waals surface area contributed by atoms with E-state index in [9.17, 15) is 13.2 Å². The quantitative estimate of drug-likeness (QED) is 0.396. The zero-order valence-corrected chi connectivity index (χ0v) is 21.4. The first kappa shape index (κ1) is 24.6. The van der Waals surface area contributed by atoms with Crippen LogP contribution in [0.1, 0.15) is 14.4 Å². The number of nitrogens with zero attached hydrogens (tertiary/aromatic N) is 5. The largest absolute Gasteiger partial charge is 0.496 e. The molecule has 11 heteroatoms. The van der Waals surface area contributed by atoms with Crippen molar-refractivity contribution in [1.82, 2.24) is 19.4 Å². The normalized spacial score (nSPS) is 15.0. The summed E-state index contributed by atoms with van der Waals surface area (Å²) in [6, 6.07) is 15.7. The Balaban J connectivity index is 0.00000336. The van der Waals surface area contributed by atoms with E-state index in [4.69, 9.17) is 4.74 Å². The monoisotopic (exact) mass is 522 g/mol. The van der Waals surface area contributed by atoms with Crippen LogP contribution in [0, 0.1) is 0 Å². The number of aromatic nitrogens is 3. The van der Waals surface area contributed by atoms with E-state index in [2.05, 4.69) is 19.6 Å². The molecule has 194 valence electrons. The van der Waals surface area contributed by atoms with Gasteiger partial charge in [-0.1, -0.05) is 6.07 Å². The van der Waals surface area contributed by atoms with Crippen molar-refractivity contribution in [3.63, 3.8) is 0 Å². The molecule has 0 radical (unpaired) electrons. The maximum atomic E-state index is 13.3. The van der Waals surface area contributed by atoms with Crippen LogP contribution in [0.5, 0.6) is 5.75 Å². The minimum absolute atomic E-state index is 0. The van der Waals surface area contributed by atoms with Crippen molar-refractivity contribution < 1.29 is 19.4 Å². The molecule has 5 rings (SSSR count). The number of carbonyl (C=O) groups is 1. The first-order valence-electron chi connectivity index (χ1n) is 11.9. The molecule has 3 heterocycles. The lowest BCUT2D eigenvalue weighted by Crippen LogP contribution is -2.50. The predicted molar refractivity (Wildman–Crippen MR) is 143 cm³/mol. The van der Waals surface area contributed by atoms with E-state index >= 15 is 0 Å². The van der Waals surface area contributed by atoms with Gasteiger partial charge in [0, 0.05) is 51.1 Å². The third-order valence-electron chi connectivity index (χ3n) is 6.64. The zero-order valence-electron chi connectivity index (χ0n) is 20.6. The fraction of sp³-hybridized carbons (Fsp3) is 0.269. The molecule has 0 spiro atoms. The molecule has 10 nitrogen and oxygen atoms in total. The Hall–Kier alpha value is -4.12. The molecular formula is C26H30N6O4S. The number of hydrogen-bond acceptors (Lipinski definition) is 7. The molecule has 0 bridgehead atoms. The number of piperazine rings is 1. The minimum atomic E-state index is -3.75. The van der Waals surface area contributed by atoms with Gasteiger partial charge in [0.15, 0.2) is 0 Å². The number of rotatable bonds is 7. The number of carbonyl (C=O) groups excluding carboxylic acids is 1. The number of sulfonamides is 1. The predicted octanol–water partition coefficient (Wildman–Crippen LogP) is 3.40. The van der Waals surface area contributed by atoms with Crippen LogP contribution in [0.15, 0.2) is 78.2 Å². The van der Waals surface area contributed by atoms with E-state index in [0.29, 0.717) is 26.2 Å². The van der Waals surface area contributed by atoms with Crippen molar-refractivity contribution in [3.8, 4) is 5.75 Å². The molecule has 1 N–H and O–H groups in total. The van der Waals surface area contributed by atoms with Crippen molar-refractivity contribution in [2.75, 3.05) is 42.9 Å². The second-order valence-electron chi connectivity index (χ2n) is 8.80. The van der Waals surface area contributed by atoms with Gasteiger partial charge < -0.3 is 19.1 Å². The summed E-state index contributed by atoms with van der Waals surface area (Å²) in [6.45, 7) is 4.40. The minimum Gasteiger partial charge on any atom is -0.496 e. The standard InChI is InChI=1S/C26H28N6O4S.H2/c1-19(32-13-11-22-23(32)4-3-5-24(22)36-2)26(33)31-16-14-30(15-17-31)20-6-8-21(9-7-20)37(34,35)29-25-10-12-27-18-28-25;/h3-13,18-19H,14-17H2,1-2H3,(H,27,28,29);1H. The van der Waals surface area contributed by atoms with Crippen molar-refractivity contribution in [1.29, 1.82) is 0 Å². The van der Waals surface area contributed by atoms with E-state index in [-0.39, 0.29) is 24.1 Å². The van der Waals surface area contributed by atoms with Crippen LogP contribution in [0.2, 0.25) is 0 Å². The van der Waals surface area contributed by atoms with Gasteiger partial charge in [-0.15, -0.1) is 0 Å². The van der Waals surface area contributed by atoms with Gasteiger partial charge in [-0.25, -0.2) is 18.4 Å². The third kappa shape index (κ3) is 4.94. The van der Waals surface area contributed by atoms with Gasteiger partial charge in [-0.2, -0.15) is 0 Å². The molecular weight excluding hydrogens is 492 g/mol. The second kappa shape index (κ2) is 10.1. The summed E-state index contributed by atoms with van der Waals surface area (Å²) in [5.41, 5.74) is 1.87. The molecule has 0 saturated carbocycles. The lowest BCUT2D eigenvalue weighted by atomic mass is 10.2. The number of ether oxygens (including phenoxy) is 1. The lowest BCUT2D eigenvalue weighted by Gasteiger charge is -2.37. The Morgan fingerprint density at radius 1 is 1.05 bits per heavy atom. The fourth-order valence-corrected chi connectivity index (χ4v) is 5.64. The average Bonchev–Trinajstić information content (AvgIpc) is 3.37. The van der Waals surface area contributed by atoms with Gasteiger partial charge in [0.2, 0.25) is 5.91 Å². The number of anilines is 2. The van der Waals surface area contributed by atoms with Crippen molar-refractivity contribution in [2.45, 2.75) is 17.9 Å². The Morgan fingerprint density at radius 2 is 1.81 bits per heavy atom. The van der Waals surface area contributed by atoms with E-state index < -0.39 is 10.0 Å². The highest BCUT2D eigenvalue weighted by atomic mass is 32.2. The molecule has 1 aliphatic rings. The molecule has 1 amide bonds. The Kier molecular flexibility index (Phi) is 6.70. The zero-order chi connectivity index (χ0) is 26.0. The summed E-state index contributed by atoms with van der Waals surface area (Å²) in [5.74, 6) is 1.06. The highest BCUT2D eigenvalue weighted by Gasteiger charge is 2.27. The van der Waals surface area contributed by atoms with Crippen LogP contribution >= 0.6 is 0 Å². The molecule has 1 fully saturated rings. The van der Waals surface area contributed by atoms with E-state index in [1.807, 2.05) is 46.9 Å². The molecule has 37 heavy (non-hydrogen) atoms. The van der Waals surface area contributed by atoms with Gasteiger partial charge in [-0.05, 0) is 55.5 Å². The lowest BCUT2D eigenvalue weighted by molar-refractivity contribution is -0.134. The van der Waals surface area contributed by atoms with Gasteiger partial charge in [0.1, 0.15) is 23.9 Å². The Morgan fingerprint density at radius 3 is 2.49 bits per heavy atom. The second-order valence-corrected chi connectivity index (χ2v) is 10.5. The van der Waals surface area contributed by atoms with Crippen molar-refractivity contribution >= 4 is 38.3 Å². The molecule has 2 aromatic heterocycles. The number of hydrogen-bond donors (Lipinski definition) is 1. The van der Waals surface area contributed by atoms with Crippen LogP contribution in [0.3, 0.4) is 0 Å². The summed E-state index contributed by atoms with van der Waals surface area (Å²) in [6.07, 6.45) is 4.68. The molecule has 0 aliphatic carbocycles. The summed E-state index contributed by atoms with van der Waals surface area (Å²) in [7, 11) is -2.11. The van der Waals surface area contributed by atoms with Crippen LogP contribution in [-0.2, 0) is 14.8 Å². The molecule has 1 atom stereocenters. The summed E-state index contributed by atoms with van der Waals surface area (Å²) in [4.78, 5) is 25.2. The van der Waals surface area contributed by atoms with E-state index in [1.54, 1.807) is 31.4 Å². The maximum absolute atomic E-state index is 13.3. The summed E-state index contributed by atoms with van der Waals surface area (Å²) < 4.78 is 35.2. The molecule has 4 aromatic rings. The molecule has 2 aromatic carbocycles. The number of nitrogens with one attached hydrogen (secondary N) is 1. The number of fused-ring (bicyclic) bond motifs is 1. The van der Waals surface area contributed by atoms with Crippen LogP contribution in [0.25, 0.3) is 10.9 Å². The van der Waals surface area contributed by atoms with Gasteiger partial charge in [-0.3, -0.25) is 9.52 Å². The topological polar surface area (TPSA) is 110 Å². The first-order valence-corrected chi connectivity index (χ1v) is 13.4. The van der Waals surface area contributed by atoms with Crippen LogP contribution in [-0.4, -0.2) is 67.0 Å². The van der Waals surface area contributed by atoms with Crippen molar-refractivity contribution in [3.05, 3.63) is 73.3 Å². The molecule has 1 aliphatic heterocycles. The van der Waals surface area contributed by atoms with E-state index in [0.717, 1.165) is 22.3 Å². The van der Waals surface area contributed by atoms with Crippen LogP contribution < -0.4 is 14.4 Å². The third-order valence-corrected chi connectivity index (χ3v) is 8.01. The van der Waals surface area contributed by atoms with Gasteiger partial charge in [0.25, 0.3) is 10.0 Å². The highest BCUT2D eigenvalue weighted by Crippen LogP contribution is 2.29. The highest BCUT2D eigenvalue weighted by molar-refractivity contribution is 7.92. The molecule has 1 unspecified atom stereocenters.